The van der Waals surface area contributed by atoms with Crippen LogP contribution in [0.3, 0.4) is 0 Å². The van der Waals surface area contributed by atoms with E-state index in [1.54, 1.807) is 19.2 Å². The highest BCUT2D eigenvalue weighted by atomic mass is 32.2. The van der Waals surface area contributed by atoms with Gasteiger partial charge in [-0.25, -0.2) is 8.42 Å². The maximum absolute atomic E-state index is 11.9. The summed E-state index contributed by atoms with van der Waals surface area (Å²) in [4.78, 5) is 14.2. The summed E-state index contributed by atoms with van der Waals surface area (Å²) in [5, 5.41) is 2.69. The predicted octanol–water partition coefficient (Wildman–Crippen LogP) is 0.635. The summed E-state index contributed by atoms with van der Waals surface area (Å²) in [6, 6.07) is 4.73. The number of hydrogen-bond acceptors (Lipinski definition) is 5. The molecule has 1 atom stereocenters. The lowest BCUT2D eigenvalue weighted by Gasteiger charge is -2.25. The van der Waals surface area contributed by atoms with Crippen molar-refractivity contribution in [2.75, 3.05) is 37.0 Å². The zero-order valence-corrected chi connectivity index (χ0v) is 13.3. The van der Waals surface area contributed by atoms with Gasteiger partial charge in [0.05, 0.1) is 21.7 Å². The van der Waals surface area contributed by atoms with E-state index in [2.05, 4.69) is 5.32 Å². The highest BCUT2D eigenvalue weighted by Crippen LogP contribution is 2.36. The van der Waals surface area contributed by atoms with Gasteiger partial charge in [0.15, 0.2) is 9.84 Å². The third-order valence-electron chi connectivity index (χ3n) is 4.02. The molecule has 1 aromatic carbocycles. The summed E-state index contributed by atoms with van der Waals surface area (Å²) in [7, 11) is -1.64. The van der Waals surface area contributed by atoms with Crippen molar-refractivity contribution in [2.45, 2.75) is 18.2 Å². The van der Waals surface area contributed by atoms with Gasteiger partial charge in [-0.05, 0) is 31.5 Å². The van der Waals surface area contributed by atoms with Crippen LogP contribution in [-0.4, -0.2) is 40.7 Å². The van der Waals surface area contributed by atoms with E-state index >= 15 is 0 Å². The van der Waals surface area contributed by atoms with Gasteiger partial charge in [0, 0.05) is 26.4 Å². The van der Waals surface area contributed by atoms with Gasteiger partial charge in [-0.1, -0.05) is 0 Å². The zero-order chi connectivity index (χ0) is 15.8. The molecule has 1 aromatic rings. The van der Waals surface area contributed by atoms with E-state index in [0.717, 1.165) is 18.4 Å². The molecular formula is C14H21N3O3S. The molecule has 0 aliphatic carbocycles. The lowest BCUT2D eigenvalue weighted by molar-refractivity contribution is -0.128. The van der Waals surface area contributed by atoms with Gasteiger partial charge in [-0.3, -0.25) is 4.79 Å². The molecule has 1 saturated heterocycles. The standard InChI is InChI=1S/C14H21N3O3S/c1-14(13(18)16-2)6-7-17(9-14)12-5-4-10(8-11(12)15)21(3,19)20/h4-5,8H,6-7,9,15H2,1-3H3,(H,16,18). The van der Waals surface area contributed by atoms with Crippen LogP contribution in [0.5, 0.6) is 0 Å². The number of nitrogen functional groups attached to an aromatic ring is 1. The number of amides is 1. The highest BCUT2D eigenvalue weighted by molar-refractivity contribution is 7.90. The minimum absolute atomic E-state index is 0.0105. The smallest absolute Gasteiger partial charge is 0.227 e. The van der Waals surface area contributed by atoms with Crippen molar-refractivity contribution in [3.63, 3.8) is 0 Å². The second kappa shape index (κ2) is 5.22. The predicted molar refractivity (Wildman–Crippen MR) is 83.0 cm³/mol. The molecule has 1 heterocycles. The Hall–Kier alpha value is -1.76. The first kappa shape index (κ1) is 15.6. The molecule has 116 valence electrons. The van der Waals surface area contributed by atoms with Crippen LogP contribution in [0.1, 0.15) is 13.3 Å². The Kier molecular flexibility index (Phi) is 3.88. The molecule has 3 N–H and O–H groups in total. The lowest BCUT2D eigenvalue weighted by atomic mass is 9.89. The molecule has 0 spiro atoms. The fraction of sp³-hybridized carbons (Fsp3) is 0.500. The third-order valence-corrected chi connectivity index (χ3v) is 5.13. The first-order chi connectivity index (χ1) is 9.67. The van der Waals surface area contributed by atoms with Crippen LogP contribution in [0.25, 0.3) is 0 Å². The van der Waals surface area contributed by atoms with E-state index in [1.807, 2.05) is 11.8 Å². The second-order valence-electron chi connectivity index (χ2n) is 5.80. The van der Waals surface area contributed by atoms with Crippen LogP contribution in [0.15, 0.2) is 23.1 Å². The first-order valence-electron chi connectivity index (χ1n) is 6.74. The number of hydrogen-bond donors (Lipinski definition) is 2. The number of anilines is 2. The summed E-state index contributed by atoms with van der Waals surface area (Å²) in [6.45, 7) is 3.20. The summed E-state index contributed by atoms with van der Waals surface area (Å²) in [6.07, 6.45) is 1.89. The molecule has 1 unspecified atom stereocenters. The molecule has 2 rings (SSSR count). The van der Waals surface area contributed by atoms with Gasteiger partial charge < -0.3 is 16.0 Å². The molecule has 1 amide bonds. The quantitative estimate of drug-likeness (QED) is 0.799. The molecule has 7 heteroatoms. The molecule has 0 bridgehead atoms. The van der Waals surface area contributed by atoms with Gasteiger partial charge in [0.2, 0.25) is 5.91 Å². The van der Waals surface area contributed by atoms with Crippen molar-refractivity contribution >= 4 is 27.1 Å². The van der Waals surface area contributed by atoms with E-state index in [1.165, 1.54) is 6.07 Å². The number of sulfone groups is 1. The molecular weight excluding hydrogens is 290 g/mol. The molecule has 21 heavy (non-hydrogen) atoms. The monoisotopic (exact) mass is 311 g/mol. The number of nitrogens with one attached hydrogen (secondary N) is 1. The third kappa shape index (κ3) is 2.97. The van der Waals surface area contributed by atoms with Crippen LogP contribution < -0.4 is 16.0 Å². The SMILES string of the molecule is CNC(=O)C1(C)CCN(c2ccc(S(C)(=O)=O)cc2N)C1. The van der Waals surface area contributed by atoms with Crippen molar-refractivity contribution in [1.29, 1.82) is 0 Å². The highest BCUT2D eigenvalue weighted by Gasteiger charge is 2.40. The Morgan fingerprint density at radius 2 is 2.10 bits per heavy atom. The van der Waals surface area contributed by atoms with E-state index in [0.29, 0.717) is 18.8 Å². The Bertz CT molecular complexity index is 672. The van der Waals surface area contributed by atoms with Gasteiger partial charge in [-0.15, -0.1) is 0 Å². The van der Waals surface area contributed by atoms with Gasteiger partial charge in [0.25, 0.3) is 0 Å². The fourth-order valence-corrected chi connectivity index (χ4v) is 3.36. The van der Waals surface area contributed by atoms with Gasteiger partial charge in [-0.2, -0.15) is 0 Å². The van der Waals surface area contributed by atoms with E-state index in [-0.39, 0.29) is 10.8 Å². The number of nitrogens with two attached hydrogens (primary N) is 1. The van der Waals surface area contributed by atoms with Crippen LogP contribution in [0.2, 0.25) is 0 Å². The molecule has 1 aliphatic heterocycles. The van der Waals surface area contributed by atoms with Crippen LogP contribution in [0, 0.1) is 5.41 Å². The minimum Gasteiger partial charge on any atom is -0.397 e. The van der Waals surface area contributed by atoms with E-state index in [4.69, 9.17) is 5.73 Å². The first-order valence-corrected chi connectivity index (χ1v) is 8.63. The summed E-state index contributed by atoms with van der Waals surface area (Å²) >= 11 is 0. The molecule has 1 aliphatic rings. The Balaban J connectivity index is 2.27. The Morgan fingerprint density at radius 3 is 2.62 bits per heavy atom. The zero-order valence-electron chi connectivity index (χ0n) is 12.5. The largest absolute Gasteiger partial charge is 0.397 e. The second-order valence-corrected chi connectivity index (χ2v) is 7.82. The van der Waals surface area contributed by atoms with Crippen molar-refractivity contribution in [3.05, 3.63) is 18.2 Å². The normalized spacial score (nSPS) is 22.3. The number of carbonyl (C=O) groups excluding carboxylic acids is 1. The molecule has 0 radical (unpaired) electrons. The minimum atomic E-state index is -3.27. The number of carbonyl (C=O) groups is 1. The number of rotatable bonds is 3. The Morgan fingerprint density at radius 1 is 1.43 bits per heavy atom. The molecule has 1 fully saturated rings. The molecule has 0 saturated carbocycles. The fourth-order valence-electron chi connectivity index (χ4n) is 2.71. The van der Waals surface area contributed by atoms with E-state index in [9.17, 15) is 13.2 Å². The number of benzene rings is 1. The van der Waals surface area contributed by atoms with Crippen molar-refractivity contribution in [3.8, 4) is 0 Å². The maximum atomic E-state index is 11.9. The van der Waals surface area contributed by atoms with Crippen LogP contribution in [-0.2, 0) is 14.6 Å². The summed E-state index contributed by atoms with van der Waals surface area (Å²) < 4.78 is 23.1. The van der Waals surface area contributed by atoms with Crippen LogP contribution in [0.4, 0.5) is 11.4 Å². The molecule has 6 nitrogen and oxygen atoms in total. The topological polar surface area (TPSA) is 92.5 Å². The average Bonchev–Trinajstić information content (AvgIpc) is 2.80. The van der Waals surface area contributed by atoms with E-state index < -0.39 is 15.3 Å². The average molecular weight is 311 g/mol. The van der Waals surface area contributed by atoms with Crippen LogP contribution >= 0.6 is 0 Å². The Labute approximate surface area is 125 Å². The molecule has 0 aromatic heterocycles. The summed E-state index contributed by atoms with van der Waals surface area (Å²) in [5.74, 6) is 0.0105. The van der Waals surface area contributed by atoms with Crippen molar-refractivity contribution < 1.29 is 13.2 Å². The maximum Gasteiger partial charge on any atom is 0.227 e. The van der Waals surface area contributed by atoms with Gasteiger partial charge in [0.1, 0.15) is 0 Å². The lowest BCUT2D eigenvalue weighted by Crippen LogP contribution is -2.39. The van der Waals surface area contributed by atoms with Crippen molar-refractivity contribution in [1.82, 2.24) is 5.32 Å². The summed E-state index contributed by atoms with van der Waals surface area (Å²) in [5.41, 5.74) is 6.73. The number of nitrogens with zero attached hydrogens (tertiary/aromatic N) is 1. The van der Waals surface area contributed by atoms with Crippen molar-refractivity contribution in [2.24, 2.45) is 5.41 Å². The van der Waals surface area contributed by atoms with Gasteiger partial charge >= 0.3 is 0 Å².